The lowest BCUT2D eigenvalue weighted by Crippen LogP contribution is -2.53. The molecule has 0 saturated heterocycles. The Kier molecular flexibility index (Phi) is 6.38. The average Bonchev–Trinajstić information content (AvgIpc) is 2.45. The van der Waals surface area contributed by atoms with E-state index in [-0.39, 0.29) is 6.61 Å². The fourth-order valence-electron chi connectivity index (χ4n) is 2.17. The van der Waals surface area contributed by atoms with Crippen LogP contribution in [0.2, 0.25) is 0 Å². The largest absolute Gasteiger partial charge is 0.465 e. The Hall–Kier alpha value is -2.19. The molecule has 26 heavy (non-hydrogen) atoms. The van der Waals surface area contributed by atoms with Crippen molar-refractivity contribution in [2.75, 3.05) is 6.61 Å². The molecule has 4 nitrogen and oxygen atoms in total. The van der Waals surface area contributed by atoms with Crippen LogP contribution in [0.4, 0.5) is 22.0 Å². The average molecular weight is 382 g/mol. The van der Waals surface area contributed by atoms with Crippen molar-refractivity contribution in [3.05, 3.63) is 35.4 Å². The topological polar surface area (TPSA) is 52.6 Å². The standard InChI is InChI=1S/C17H19F5O4/c1-5-25-13(23)16(12(18)19,14(24)26-15(2,3)4)10-7-6-8-11(9-10)17(20,21)22/h6-9,12H,5H2,1-4H3. The molecule has 1 aromatic rings. The summed E-state index contributed by atoms with van der Waals surface area (Å²) >= 11 is 0. The van der Waals surface area contributed by atoms with Gasteiger partial charge in [0.25, 0.3) is 6.43 Å². The van der Waals surface area contributed by atoms with E-state index in [9.17, 15) is 31.5 Å². The quantitative estimate of drug-likeness (QED) is 0.437. The second-order valence-electron chi connectivity index (χ2n) is 6.41. The SMILES string of the molecule is CCOC(=O)C(C(=O)OC(C)(C)C)(c1cccc(C(F)(F)F)c1)C(F)F. The third-order valence-electron chi connectivity index (χ3n) is 3.29. The minimum atomic E-state index is -4.85. The zero-order valence-electron chi connectivity index (χ0n) is 14.6. The molecule has 0 bridgehead atoms. The van der Waals surface area contributed by atoms with E-state index < -0.39 is 46.7 Å². The molecular weight excluding hydrogens is 363 g/mol. The van der Waals surface area contributed by atoms with E-state index in [2.05, 4.69) is 4.74 Å². The fraction of sp³-hybridized carbons (Fsp3) is 0.529. The van der Waals surface area contributed by atoms with Crippen molar-refractivity contribution in [2.45, 2.75) is 51.3 Å². The lowest BCUT2D eigenvalue weighted by atomic mass is 9.79. The number of ether oxygens (including phenoxy) is 2. The predicted octanol–water partition coefficient (Wildman–Crippen LogP) is 4.11. The highest BCUT2D eigenvalue weighted by Gasteiger charge is 2.59. The maximum absolute atomic E-state index is 14.0. The van der Waals surface area contributed by atoms with Crippen molar-refractivity contribution in [1.82, 2.24) is 0 Å². The lowest BCUT2D eigenvalue weighted by molar-refractivity contribution is -0.181. The normalized spacial score (nSPS) is 14.7. The van der Waals surface area contributed by atoms with Crippen LogP contribution in [0.1, 0.15) is 38.8 Å². The van der Waals surface area contributed by atoms with Gasteiger partial charge in [-0.15, -0.1) is 0 Å². The molecule has 0 aliphatic heterocycles. The summed E-state index contributed by atoms with van der Waals surface area (Å²) in [5.41, 5.74) is -6.72. The highest BCUT2D eigenvalue weighted by atomic mass is 19.4. The molecule has 0 spiro atoms. The van der Waals surface area contributed by atoms with E-state index in [0.717, 1.165) is 12.1 Å². The van der Waals surface area contributed by atoms with E-state index in [0.29, 0.717) is 12.1 Å². The number of carbonyl (C=O) groups excluding carboxylic acids is 2. The molecule has 0 amide bonds. The number of alkyl halides is 5. The molecule has 1 unspecified atom stereocenters. The van der Waals surface area contributed by atoms with Gasteiger partial charge in [-0.1, -0.05) is 18.2 Å². The molecule has 0 aromatic heterocycles. The number of carbonyl (C=O) groups is 2. The molecule has 1 aromatic carbocycles. The number of hydrogen-bond acceptors (Lipinski definition) is 4. The summed E-state index contributed by atoms with van der Waals surface area (Å²) in [4.78, 5) is 24.8. The van der Waals surface area contributed by atoms with E-state index in [1.165, 1.54) is 27.7 Å². The summed E-state index contributed by atoms with van der Waals surface area (Å²) in [6.45, 7) is 5.08. The van der Waals surface area contributed by atoms with Crippen molar-refractivity contribution in [3.63, 3.8) is 0 Å². The Morgan fingerprint density at radius 2 is 1.58 bits per heavy atom. The molecule has 1 rings (SSSR count). The van der Waals surface area contributed by atoms with Gasteiger partial charge in [0, 0.05) is 0 Å². The van der Waals surface area contributed by atoms with Crippen LogP contribution in [0.15, 0.2) is 24.3 Å². The Balaban J connectivity index is 3.68. The number of benzene rings is 1. The van der Waals surface area contributed by atoms with Crippen LogP contribution in [0.3, 0.4) is 0 Å². The minimum absolute atomic E-state index is 0.326. The Labute approximate surface area is 147 Å². The Morgan fingerprint density at radius 3 is 2.00 bits per heavy atom. The van der Waals surface area contributed by atoms with Gasteiger partial charge in [-0.3, -0.25) is 9.59 Å². The highest BCUT2D eigenvalue weighted by Crippen LogP contribution is 2.39. The van der Waals surface area contributed by atoms with Gasteiger partial charge < -0.3 is 9.47 Å². The van der Waals surface area contributed by atoms with Crippen LogP contribution in [0.25, 0.3) is 0 Å². The zero-order chi connectivity index (χ0) is 20.3. The molecule has 0 aliphatic carbocycles. The van der Waals surface area contributed by atoms with Crippen LogP contribution < -0.4 is 0 Å². The Bertz CT molecular complexity index is 664. The van der Waals surface area contributed by atoms with Crippen molar-refractivity contribution in [2.24, 2.45) is 0 Å². The number of esters is 2. The van der Waals surface area contributed by atoms with Crippen molar-refractivity contribution >= 4 is 11.9 Å². The van der Waals surface area contributed by atoms with E-state index in [1.54, 1.807) is 0 Å². The van der Waals surface area contributed by atoms with Crippen molar-refractivity contribution < 1.29 is 41.0 Å². The second-order valence-corrected chi connectivity index (χ2v) is 6.41. The molecule has 0 radical (unpaired) electrons. The first-order valence-corrected chi connectivity index (χ1v) is 7.63. The van der Waals surface area contributed by atoms with Crippen LogP contribution in [0.5, 0.6) is 0 Å². The number of hydrogen-bond donors (Lipinski definition) is 0. The number of halogens is 5. The molecule has 0 saturated carbocycles. The molecule has 9 heteroatoms. The van der Waals surface area contributed by atoms with Crippen molar-refractivity contribution in [3.8, 4) is 0 Å². The first kappa shape index (κ1) is 21.9. The molecule has 146 valence electrons. The van der Waals surface area contributed by atoms with Gasteiger partial charge in [0.2, 0.25) is 5.41 Å². The molecular formula is C17H19F5O4. The van der Waals surface area contributed by atoms with Gasteiger partial charge in [-0.2, -0.15) is 13.2 Å². The summed E-state index contributed by atoms with van der Waals surface area (Å²) in [6, 6.07) is 2.63. The monoisotopic (exact) mass is 382 g/mol. The smallest absolute Gasteiger partial charge is 0.416 e. The maximum atomic E-state index is 14.0. The maximum Gasteiger partial charge on any atom is 0.416 e. The summed E-state index contributed by atoms with van der Waals surface area (Å²) in [6.07, 6.45) is -8.55. The minimum Gasteiger partial charge on any atom is -0.465 e. The van der Waals surface area contributed by atoms with E-state index in [1.807, 2.05) is 0 Å². The molecule has 1 atom stereocenters. The van der Waals surface area contributed by atoms with Gasteiger partial charge in [0.1, 0.15) is 5.60 Å². The van der Waals surface area contributed by atoms with Crippen LogP contribution in [-0.4, -0.2) is 30.6 Å². The zero-order valence-corrected chi connectivity index (χ0v) is 14.6. The lowest BCUT2D eigenvalue weighted by Gasteiger charge is -2.32. The third-order valence-corrected chi connectivity index (χ3v) is 3.29. The molecule has 0 aliphatic rings. The van der Waals surface area contributed by atoms with Crippen molar-refractivity contribution in [1.29, 1.82) is 0 Å². The highest BCUT2D eigenvalue weighted by molar-refractivity contribution is 6.07. The molecule has 0 heterocycles. The van der Waals surface area contributed by atoms with Crippen LogP contribution in [0, 0.1) is 0 Å². The van der Waals surface area contributed by atoms with Gasteiger partial charge in [0.05, 0.1) is 12.2 Å². The predicted molar refractivity (Wildman–Crippen MR) is 81.6 cm³/mol. The van der Waals surface area contributed by atoms with Crippen LogP contribution >= 0.6 is 0 Å². The summed E-state index contributed by atoms with van der Waals surface area (Å²) in [5, 5.41) is 0. The van der Waals surface area contributed by atoms with Gasteiger partial charge in [0.15, 0.2) is 0 Å². The van der Waals surface area contributed by atoms with Gasteiger partial charge in [-0.05, 0) is 39.3 Å². The summed E-state index contributed by atoms with van der Waals surface area (Å²) in [7, 11) is 0. The third kappa shape index (κ3) is 4.50. The first-order chi connectivity index (χ1) is 11.8. The molecule has 0 N–H and O–H groups in total. The van der Waals surface area contributed by atoms with E-state index in [4.69, 9.17) is 4.74 Å². The van der Waals surface area contributed by atoms with Gasteiger partial charge in [-0.25, -0.2) is 8.78 Å². The van der Waals surface area contributed by atoms with Crippen LogP contribution in [-0.2, 0) is 30.7 Å². The second kappa shape index (κ2) is 7.59. The number of rotatable bonds is 5. The summed E-state index contributed by atoms with van der Waals surface area (Å²) < 4.78 is 76.3. The first-order valence-electron chi connectivity index (χ1n) is 7.63. The van der Waals surface area contributed by atoms with E-state index >= 15 is 0 Å². The fourth-order valence-corrected chi connectivity index (χ4v) is 2.17. The summed E-state index contributed by atoms with van der Waals surface area (Å²) in [5.74, 6) is -3.36. The van der Waals surface area contributed by atoms with Gasteiger partial charge >= 0.3 is 18.1 Å². The molecule has 0 fully saturated rings. The Morgan fingerprint density at radius 1 is 1.04 bits per heavy atom.